The summed E-state index contributed by atoms with van der Waals surface area (Å²) in [6, 6.07) is 3.42. The Morgan fingerprint density at radius 2 is 2.33 bits per heavy atom. The van der Waals surface area contributed by atoms with E-state index in [0.29, 0.717) is 6.54 Å². The number of rotatable bonds is 4. The highest BCUT2D eigenvalue weighted by atomic mass is 19.1. The standard InChI is InChI=1S/C11H11FN4O2/c1-15-7-13-5-9(15)6-14-10-3-2-8(12)4-11(10)16(17)18/h2-5,7,14H,6H2,1H3. The largest absolute Gasteiger partial charge is 0.374 e. The van der Waals surface area contributed by atoms with Crippen LogP contribution in [0.5, 0.6) is 0 Å². The summed E-state index contributed by atoms with van der Waals surface area (Å²) in [6.07, 6.45) is 3.29. The molecule has 0 saturated carbocycles. The first-order chi connectivity index (χ1) is 8.58. The second-order valence-corrected chi connectivity index (χ2v) is 3.77. The number of imidazole rings is 1. The Labute approximate surface area is 102 Å². The summed E-state index contributed by atoms with van der Waals surface area (Å²) in [5.41, 5.74) is 0.869. The molecule has 0 spiro atoms. The van der Waals surface area contributed by atoms with Crippen LogP contribution in [0.4, 0.5) is 15.8 Å². The van der Waals surface area contributed by atoms with Gasteiger partial charge in [0, 0.05) is 13.2 Å². The number of hydrogen-bond acceptors (Lipinski definition) is 4. The van der Waals surface area contributed by atoms with Crippen molar-refractivity contribution < 1.29 is 9.31 Å². The molecule has 2 rings (SSSR count). The molecule has 0 fully saturated rings. The van der Waals surface area contributed by atoms with E-state index in [1.54, 1.807) is 17.1 Å². The van der Waals surface area contributed by atoms with Crippen LogP contribution in [0.25, 0.3) is 0 Å². The predicted molar refractivity (Wildman–Crippen MR) is 63.6 cm³/mol. The zero-order valence-corrected chi connectivity index (χ0v) is 9.63. The molecule has 0 bridgehead atoms. The number of nitrogens with zero attached hydrogens (tertiary/aromatic N) is 3. The highest BCUT2D eigenvalue weighted by Crippen LogP contribution is 2.25. The highest BCUT2D eigenvalue weighted by molar-refractivity contribution is 5.61. The van der Waals surface area contributed by atoms with Crippen LogP contribution < -0.4 is 5.32 Å². The molecule has 0 aliphatic heterocycles. The van der Waals surface area contributed by atoms with Gasteiger partial charge in [-0.05, 0) is 12.1 Å². The molecule has 18 heavy (non-hydrogen) atoms. The molecule has 0 saturated heterocycles. The first kappa shape index (κ1) is 12.0. The molecule has 6 nitrogen and oxygen atoms in total. The monoisotopic (exact) mass is 250 g/mol. The number of nitro groups is 1. The molecule has 0 radical (unpaired) electrons. The maximum absolute atomic E-state index is 12.9. The third-order valence-electron chi connectivity index (χ3n) is 2.53. The number of nitro benzene ring substituents is 1. The quantitative estimate of drug-likeness (QED) is 0.666. The first-order valence-corrected chi connectivity index (χ1v) is 5.21. The van der Waals surface area contributed by atoms with E-state index in [2.05, 4.69) is 10.3 Å². The summed E-state index contributed by atoms with van der Waals surface area (Å²) < 4.78 is 14.7. The van der Waals surface area contributed by atoms with Gasteiger partial charge in [-0.3, -0.25) is 10.1 Å². The van der Waals surface area contributed by atoms with Crippen LogP contribution >= 0.6 is 0 Å². The van der Waals surface area contributed by atoms with Crippen LogP contribution in [-0.4, -0.2) is 14.5 Å². The minimum absolute atomic E-state index is 0.280. The van der Waals surface area contributed by atoms with Gasteiger partial charge in [-0.1, -0.05) is 0 Å². The smallest absolute Gasteiger partial charge is 0.295 e. The van der Waals surface area contributed by atoms with Crippen molar-refractivity contribution >= 4 is 11.4 Å². The fraction of sp³-hybridized carbons (Fsp3) is 0.182. The molecule has 2 aromatic rings. The molecule has 1 N–H and O–H groups in total. The van der Waals surface area contributed by atoms with E-state index >= 15 is 0 Å². The topological polar surface area (TPSA) is 73.0 Å². The van der Waals surface area contributed by atoms with Crippen molar-refractivity contribution in [2.75, 3.05) is 5.32 Å². The maximum Gasteiger partial charge on any atom is 0.295 e. The van der Waals surface area contributed by atoms with E-state index in [4.69, 9.17) is 0 Å². The van der Waals surface area contributed by atoms with Crippen LogP contribution in [0.3, 0.4) is 0 Å². The SMILES string of the molecule is Cn1cncc1CNc1ccc(F)cc1[N+](=O)[O-]. The average molecular weight is 250 g/mol. The van der Waals surface area contributed by atoms with Crippen LogP contribution in [-0.2, 0) is 13.6 Å². The Kier molecular flexibility index (Phi) is 3.22. The Morgan fingerprint density at radius 1 is 1.56 bits per heavy atom. The lowest BCUT2D eigenvalue weighted by Gasteiger charge is -2.07. The van der Waals surface area contributed by atoms with E-state index in [-0.39, 0.29) is 11.4 Å². The lowest BCUT2D eigenvalue weighted by molar-refractivity contribution is -0.384. The van der Waals surface area contributed by atoms with Gasteiger partial charge in [-0.2, -0.15) is 0 Å². The number of benzene rings is 1. The summed E-state index contributed by atoms with van der Waals surface area (Å²) in [7, 11) is 1.82. The fourth-order valence-electron chi connectivity index (χ4n) is 1.55. The lowest BCUT2D eigenvalue weighted by atomic mass is 10.2. The van der Waals surface area contributed by atoms with Gasteiger partial charge in [0.15, 0.2) is 0 Å². The van der Waals surface area contributed by atoms with E-state index in [1.165, 1.54) is 12.1 Å². The van der Waals surface area contributed by atoms with Crippen LogP contribution in [0.1, 0.15) is 5.69 Å². The number of hydrogen-bond donors (Lipinski definition) is 1. The minimum Gasteiger partial charge on any atom is -0.374 e. The molecule has 7 heteroatoms. The van der Waals surface area contributed by atoms with Crippen molar-refractivity contribution in [3.05, 3.63) is 52.3 Å². The summed E-state index contributed by atoms with van der Waals surface area (Å²) >= 11 is 0. The predicted octanol–water partition coefficient (Wildman–Crippen LogP) is 2.08. The van der Waals surface area contributed by atoms with Gasteiger partial charge < -0.3 is 9.88 Å². The second-order valence-electron chi connectivity index (χ2n) is 3.77. The molecule has 1 aromatic heterocycles. The number of nitrogens with one attached hydrogen (secondary N) is 1. The maximum atomic E-state index is 12.9. The molecule has 1 aromatic carbocycles. The van der Waals surface area contributed by atoms with Crippen molar-refractivity contribution in [2.24, 2.45) is 7.05 Å². The van der Waals surface area contributed by atoms with Crippen molar-refractivity contribution in [3.8, 4) is 0 Å². The third kappa shape index (κ3) is 2.45. The van der Waals surface area contributed by atoms with E-state index in [0.717, 1.165) is 11.8 Å². The Morgan fingerprint density at radius 3 is 2.94 bits per heavy atom. The summed E-state index contributed by atoms with van der Waals surface area (Å²) in [6.45, 7) is 0.378. The van der Waals surface area contributed by atoms with Crippen LogP contribution in [0.15, 0.2) is 30.7 Å². The molecule has 0 unspecified atom stereocenters. The lowest BCUT2D eigenvalue weighted by Crippen LogP contribution is -2.06. The van der Waals surface area contributed by atoms with E-state index in [9.17, 15) is 14.5 Å². The normalized spacial score (nSPS) is 10.3. The van der Waals surface area contributed by atoms with Crippen LogP contribution in [0, 0.1) is 15.9 Å². The minimum atomic E-state index is -0.632. The van der Waals surface area contributed by atoms with Crippen molar-refractivity contribution in [1.29, 1.82) is 0 Å². The molecule has 0 amide bonds. The van der Waals surface area contributed by atoms with Crippen LogP contribution in [0.2, 0.25) is 0 Å². The molecular weight excluding hydrogens is 239 g/mol. The molecular formula is C11H11FN4O2. The van der Waals surface area contributed by atoms with Crippen molar-refractivity contribution in [1.82, 2.24) is 9.55 Å². The zero-order valence-electron chi connectivity index (χ0n) is 9.63. The Hall–Kier alpha value is -2.44. The summed E-state index contributed by atoms with van der Waals surface area (Å²) in [4.78, 5) is 14.1. The second kappa shape index (κ2) is 4.82. The van der Waals surface area contributed by atoms with E-state index in [1.807, 2.05) is 7.05 Å². The van der Waals surface area contributed by atoms with Crippen molar-refractivity contribution in [3.63, 3.8) is 0 Å². The molecule has 0 atom stereocenters. The zero-order chi connectivity index (χ0) is 13.1. The summed E-state index contributed by atoms with van der Waals surface area (Å²) in [5, 5.41) is 13.7. The van der Waals surface area contributed by atoms with Gasteiger partial charge >= 0.3 is 0 Å². The number of anilines is 1. The highest BCUT2D eigenvalue weighted by Gasteiger charge is 2.14. The number of halogens is 1. The molecule has 0 aliphatic carbocycles. The summed E-state index contributed by atoms with van der Waals surface area (Å²) in [5.74, 6) is -0.632. The van der Waals surface area contributed by atoms with Gasteiger partial charge in [0.25, 0.3) is 5.69 Å². The van der Waals surface area contributed by atoms with Gasteiger partial charge in [-0.15, -0.1) is 0 Å². The van der Waals surface area contributed by atoms with Gasteiger partial charge in [0.1, 0.15) is 11.5 Å². The van der Waals surface area contributed by atoms with Gasteiger partial charge in [0.05, 0.1) is 29.6 Å². The fourth-order valence-corrected chi connectivity index (χ4v) is 1.55. The third-order valence-corrected chi connectivity index (χ3v) is 2.53. The molecule has 0 aliphatic rings. The molecule has 1 heterocycles. The Balaban J connectivity index is 2.19. The first-order valence-electron chi connectivity index (χ1n) is 5.21. The Bertz CT molecular complexity index is 582. The number of aryl methyl sites for hydroxylation is 1. The average Bonchev–Trinajstić information content (AvgIpc) is 2.73. The van der Waals surface area contributed by atoms with Gasteiger partial charge in [0.2, 0.25) is 0 Å². The van der Waals surface area contributed by atoms with Crippen molar-refractivity contribution in [2.45, 2.75) is 6.54 Å². The molecule has 94 valence electrons. The van der Waals surface area contributed by atoms with E-state index < -0.39 is 10.7 Å². The number of aromatic nitrogens is 2. The van der Waals surface area contributed by atoms with Gasteiger partial charge in [-0.25, -0.2) is 9.37 Å².